The molecule has 0 heterocycles. The van der Waals surface area contributed by atoms with Gasteiger partial charge < -0.3 is 10.2 Å². The van der Waals surface area contributed by atoms with Crippen LogP contribution in [0.2, 0.25) is 0 Å². The standard InChI is InChI=1S/C33H34BrN3O4S/c1-3-35-33(39)31(22-26-14-6-4-7-15-26)36(23-27-16-12-17-28(34)21-27)32(38)24-37(30-20-11-10-13-25(30)2)42(40,41)29-18-8-5-9-19-29/h4-21,31H,3,22-24H2,1-2H3,(H,35,39)/t31-/m1/s1. The van der Waals surface area contributed by atoms with E-state index in [1.807, 2.05) is 67.6 Å². The first kappa shape index (κ1) is 31.0. The van der Waals surface area contributed by atoms with E-state index in [1.165, 1.54) is 17.0 Å². The highest BCUT2D eigenvalue weighted by Crippen LogP contribution is 2.27. The second-order valence-corrected chi connectivity index (χ2v) is 12.6. The summed E-state index contributed by atoms with van der Waals surface area (Å²) >= 11 is 3.49. The number of likely N-dealkylation sites (N-methyl/N-ethyl adjacent to an activating group) is 1. The number of amides is 2. The molecule has 0 unspecified atom stereocenters. The van der Waals surface area contributed by atoms with Crippen molar-refractivity contribution in [2.45, 2.75) is 37.8 Å². The third kappa shape index (κ3) is 7.66. The van der Waals surface area contributed by atoms with Crippen LogP contribution in [0.15, 0.2) is 119 Å². The van der Waals surface area contributed by atoms with Crippen LogP contribution in [0.25, 0.3) is 0 Å². The second-order valence-electron chi connectivity index (χ2n) is 9.86. The largest absolute Gasteiger partial charge is 0.355 e. The molecule has 7 nitrogen and oxygen atoms in total. The number of halogens is 1. The molecule has 4 rings (SSSR count). The molecule has 9 heteroatoms. The number of nitrogens with one attached hydrogen (secondary N) is 1. The quantitative estimate of drug-likeness (QED) is 0.213. The topological polar surface area (TPSA) is 86.8 Å². The lowest BCUT2D eigenvalue weighted by molar-refractivity contribution is -0.140. The first-order valence-electron chi connectivity index (χ1n) is 13.7. The summed E-state index contributed by atoms with van der Waals surface area (Å²) in [6.45, 7) is 3.64. The molecule has 2 amide bonds. The maximum absolute atomic E-state index is 14.4. The van der Waals surface area contributed by atoms with Crippen LogP contribution in [0.1, 0.15) is 23.6 Å². The molecule has 4 aromatic carbocycles. The number of nitrogens with zero attached hydrogens (tertiary/aromatic N) is 2. The Labute approximate surface area is 256 Å². The van der Waals surface area contributed by atoms with E-state index in [1.54, 1.807) is 43.3 Å². The summed E-state index contributed by atoms with van der Waals surface area (Å²) in [5.74, 6) is -0.803. The van der Waals surface area contributed by atoms with Crippen molar-refractivity contribution in [2.24, 2.45) is 0 Å². The third-order valence-electron chi connectivity index (χ3n) is 6.86. The van der Waals surface area contributed by atoms with Crippen LogP contribution in [0.3, 0.4) is 0 Å². The Morgan fingerprint density at radius 2 is 1.45 bits per heavy atom. The summed E-state index contributed by atoms with van der Waals surface area (Å²) in [5.41, 5.74) is 2.78. The monoisotopic (exact) mass is 647 g/mol. The Balaban J connectivity index is 1.80. The van der Waals surface area contributed by atoms with E-state index < -0.39 is 28.5 Å². The summed E-state index contributed by atoms with van der Waals surface area (Å²) in [4.78, 5) is 29.5. The van der Waals surface area contributed by atoms with Gasteiger partial charge in [-0.2, -0.15) is 0 Å². The van der Waals surface area contributed by atoms with Gasteiger partial charge in [0.2, 0.25) is 11.8 Å². The molecule has 1 N–H and O–H groups in total. The number of sulfonamides is 1. The molecule has 0 fully saturated rings. The van der Waals surface area contributed by atoms with Gasteiger partial charge in [0.1, 0.15) is 12.6 Å². The maximum Gasteiger partial charge on any atom is 0.264 e. The Morgan fingerprint density at radius 3 is 2.10 bits per heavy atom. The van der Waals surface area contributed by atoms with Crippen molar-refractivity contribution in [3.63, 3.8) is 0 Å². The van der Waals surface area contributed by atoms with E-state index in [2.05, 4.69) is 21.2 Å². The molecular weight excluding hydrogens is 614 g/mol. The summed E-state index contributed by atoms with van der Waals surface area (Å²) in [7, 11) is -4.12. The summed E-state index contributed by atoms with van der Waals surface area (Å²) in [6, 6.07) is 31.2. The predicted molar refractivity (Wildman–Crippen MR) is 169 cm³/mol. The van der Waals surface area contributed by atoms with Gasteiger partial charge in [0, 0.05) is 24.0 Å². The Morgan fingerprint density at radius 1 is 0.833 bits per heavy atom. The van der Waals surface area contributed by atoms with Gasteiger partial charge in [0.25, 0.3) is 10.0 Å². The molecule has 0 radical (unpaired) electrons. The molecule has 0 bridgehead atoms. The molecule has 0 saturated heterocycles. The van der Waals surface area contributed by atoms with Crippen molar-refractivity contribution < 1.29 is 18.0 Å². The number of carbonyl (C=O) groups excluding carboxylic acids is 2. The number of aryl methyl sites for hydroxylation is 1. The lowest BCUT2D eigenvalue weighted by Gasteiger charge is -2.34. The number of hydrogen-bond donors (Lipinski definition) is 1. The SMILES string of the molecule is CCNC(=O)[C@@H](Cc1ccccc1)N(Cc1cccc(Br)c1)C(=O)CN(c1ccccc1C)S(=O)(=O)c1ccccc1. The van der Waals surface area contributed by atoms with Crippen LogP contribution in [-0.2, 0) is 32.6 Å². The summed E-state index contributed by atoms with van der Waals surface area (Å²) in [5, 5.41) is 2.87. The molecule has 0 aromatic heterocycles. The number of carbonyl (C=O) groups is 2. The van der Waals surface area contributed by atoms with E-state index >= 15 is 0 Å². The van der Waals surface area contributed by atoms with Crippen LogP contribution >= 0.6 is 15.9 Å². The zero-order valence-electron chi connectivity index (χ0n) is 23.6. The van der Waals surface area contributed by atoms with Crippen LogP contribution in [0.4, 0.5) is 5.69 Å². The van der Waals surface area contributed by atoms with Gasteiger partial charge in [-0.3, -0.25) is 13.9 Å². The smallest absolute Gasteiger partial charge is 0.264 e. The van der Waals surface area contributed by atoms with Gasteiger partial charge in [0.05, 0.1) is 10.6 Å². The highest BCUT2D eigenvalue weighted by Gasteiger charge is 2.34. The fourth-order valence-electron chi connectivity index (χ4n) is 4.75. The average Bonchev–Trinajstić information content (AvgIpc) is 2.99. The minimum Gasteiger partial charge on any atom is -0.355 e. The van der Waals surface area contributed by atoms with E-state index in [-0.39, 0.29) is 23.8 Å². The minimum atomic E-state index is -4.12. The highest BCUT2D eigenvalue weighted by molar-refractivity contribution is 9.10. The first-order chi connectivity index (χ1) is 20.2. The van der Waals surface area contributed by atoms with E-state index in [0.717, 1.165) is 19.9 Å². The van der Waals surface area contributed by atoms with E-state index in [9.17, 15) is 18.0 Å². The molecule has 0 spiro atoms. The van der Waals surface area contributed by atoms with E-state index in [0.29, 0.717) is 17.8 Å². The number of hydrogen-bond acceptors (Lipinski definition) is 4. The van der Waals surface area contributed by atoms with Crippen molar-refractivity contribution >= 4 is 43.5 Å². The fourth-order valence-corrected chi connectivity index (χ4v) is 6.70. The normalized spacial score (nSPS) is 11.9. The van der Waals surface area contributed by atoms with Gasteiger partial charge >= 0.3 is 0 Å². The second kappa shape index (κ2) is 14.3. The van der Waals surface area contributed by atoms with Crippen molar-refractivity contribution in [2.75, 3.05) is 17.4 Å². The Bertz CT molecular complexity index is 1610. The minimum absolute atomic E-state index is 0.0733. The van der Waals surface area contributed by atoms with Crippen molar-refractivity contribution in [1.29, 1.82) is 0 Å². The van der Waals surface area contributed by atoms with Gasteiger partial charge in [-0.25, -0.2) is 8.42 Å². The van der Waals surface area contributed by atoms with Gasteiger partial charge in [-0.1, -0.05) is 94.8 Å². The molecular formula is C33H34BrN3O4S. The molecule has 42 heavy (non-hydrogen) atoms. The predicted octanol–water partition coefficient (Wildman–Crippen LogP) is 5.73. The van der Waals surface area contributed by atoms with E-state index in [4.69, 9.17) is 0 Å². The summed E-state index contributed by atoms with van der Waals surface area (Å²) in [6.07, 6.45) is 0.266. The van der Waals surface area contributed by atoms with Crippen LogP contribution < -0.4 is 9.62 Å². The van der Waals surface area contributed by atoms with Crippen molar-refractivity contribution in [3.8, 4) is 0 Å². The molecule has 4 aromatic rings. The lowest BCUT2D eigenvalue weighted by atomic mass is 10.0. The van der Waals surface area contributed by atoms with Gasteiger partial charge in [-0.05, 0) is 60.9 Å². The zero-order valence-corrected chi connectivity index (χ0v) is 26.0. The Kier molecular flexibility index (Phi) is 10.5. The number of rotatable bonds is 12. The molecule has 0 aliphatic rings. The molecule has 1 atom stereocenters. The third-order valence-corrected chi connectivity index (χ3v) is 9.13. The molecule has 0 saturated carbocycles. The fraction of sp³-hybridized carbons (Fsp3) is 0.212. The molecule has 0 aliphatic carbocycles. The lowest BCUT2D eigenvalue weighted by Crippen LogP contribution is -2.53. The average molecular weight is 649 g/mol. The van der Waals surface area contributed by atoms with Gasteiger partial charge in [0.15, 0.2) is 0 Å². The van der Waals surface area contributed by atoms with Crippen molar-refractivity contribution in [1.82, 2.24) is 10.2 Å². The van der Waals surface area contributed by atoms with Gasteiger partial charge in [-0.15, -0.1) is 0 Å². The highest BCUT2D eigenvalue weighted by atomic mass is 79.9. The number of para-hydroxylation sites is 1. The number of benzene rings is 4. The molecule has 218 valence electrons. The van der Waals surface area contributed by atoms with Crippen LogP contribution in [0.5, 0.6) is 0 Å². The molecule has 0 aliphatic heterocycles. The first-order valence-corrected chi connectivity index (χ1v) is 15.9. The summed E-state index contributed by atoms with van der Waals surface area (Å²) < 4.78 is 30.0. The maximum atomic E-state index is 14.4. The Hall–Kier alpha value is -3.95. The van der Waals surface area contributed by atoms with Crippen molar-refractivity contribution in [3.05, 3.63) is 130 Å². The zero-order chi connectivity index (χ0) is 30.1. The van der Waals surface area contributed by atoms with Crippen LogP contribution in [0, 0.1) is 6.92 Å². The van der Waals surface area contributed by atoms with Crippen LogP contribution in [-0.4, -0.2) is 44.3 Å². The number of anilines is 1.